The summed E-state index contributed by atoms with van der Waals surface area (Å²) >= 11 is 0. The van der Waals surface area contributed by atoms with Crippen LogP contribution in [0.1, 0.15) is 59.1 Å². The first-order valence-corrected chi connectivity index (χ1v) is 7.53. The van der Waals surface area contributed by atoms with Crippen LogP contribution in [0.15, 0.2) is 12.1 Å². The molecule has 2 rings (SSSR count). The number of amides is 1. The predicted molar refractivity (Wildman–Crippen MR) is 79.5 cm³/mol. The van der Waals surface area contributed by atoms with Gasteiger partial charge in [-0.15, -0.1) is 0 Å². The number of carboxylic acid groups (broad SMARTS) is 1. The number of hydrogen-bond donors (Lipinski definition) is 1. The smallest absolute Gasteiger partial charge is 0.337 e. The number of likely N-dealkylation sites (tertiary alicyclic amines) is 1. The minimum Gasteiger partial charge on any atom is -0.478 e. The van der Waals surface area contributed by atoms with Crippen molar-refractivity contribution in [3.05, 3.63) is 29.1 Å². The second-order valence-electron chi connectivity index (χ2n) is 5.66. The number of aromatic carboxylic acids is 1. The summed E-state index contributed by atoms with van der Waals surface area (Å²) in [5, 5.41) is 8.99. The van der Waals surface area contributed by atoms with E-state index < -0.39 is 5.97 Å². The number of rotatable bonds is 4. The summed E-state index contributed by atoms with van der Waals surface area (Å²) in [6.07, 6.45) is 4.51. The largest absolute Gasteiger partial charge is 0.478 e. The third-order valence-corrected chi connectivity index (χ3v) is 4.13. The van der Waals surface area contributed by atoms with Crippen LogP contribution in [0.4, 0.5) is 0 Å². The Balaban J connectivity index is 2.04. The highest BCUT2D eigenvalue weighted by Crippen LogP contribution is 2.22. The van der Waals surface area contributed by atoms with Gasteiger partial charge in [0.15, 0.2) is 0 Å². The molecule has 0 bridgehead atoms. The highest BCUT2D eigenvalue weighted by molar-refractivity contribution is 5.94. The van der Waals surface area contributed by atoms with Gasteiger partial charge in [-0.1, -0.05) is 19.8 Å². The minimum atomic E-state index is -1.01. The zero-order valence-electron chi connectivity index (χ0n) is 12.6. The zero-order chi connectivity index (χ0) is 15.4. The molecule has 2 heterocycles. The topological polar surface area (TPSA) is 70.5 Å². The summed E-state index contributed by atoms with van der Waals surface area (Å²) in [6, 6.07) is 2.97. The fraction of sp³-hybridized carbons (Fsp3) is 0.562. The van der Waals surface area contributed by atoms with E-state index in [1.807, 2.05) is 4.90 Å². The second kappa shape index (κ2) is 6.70. The third-order valence-electron chi connectivity index (χ3n) is 4.13. The Labute approximate surface area is 125 Å². The highest BCUT2D eigenvalue weighted by Gasteiger charge is 2.24. The lowest BCUT2D eigenvalue weighted by atomic mass is 9.92. The summed E-state index contributed by atoms with van der Waals surface area (Å²) in [5.74, 6) is -0.382. The third kappa shape index (κ3) is 3.60. The molecule has 1 aliphatic rings. The average Bonchev–Trinajstić information content (AvgIpc) is 2.47. The molecule has 0 radical (unpaired) electrons. The molecule has 5 nitrogen and oxygen atoms in total. The van der Waals surface area contributed by atoms with Crippen LogP contribution in [-0.4, -0.2) is 40.0 Å². The van der Waals surface area contributed by atoms with Crippen molar-refractivity contribution in [3.63, 3.8) is 0 Å². The standard InChI is InChI=1S/C16H22N2O3/c1-3-4-12-7-9-18(10-8-12)15(19)14-6-5-13(16(20)21)11(2)17-14/h5-6,12H,3-4,7-10H2,1-2H3,(H,20,21). The van der Waals surface area contributed by atoms with Crippen LogP contribution in [0.5, 0.6) is 0 Å². The Bertz CT molecular complexity index is 534. The fourth-order valence-electron chi connectivity index (χ4n) is 2.90. The van der Waals surface area contributed by atoms with Crippen molar-refractivity contribution < 1.29 is 14.7 Å². The van der Waals surface area contributed by atoms with Crippen LogP contribution in [0.2, 0.25) is 0 Å². The fourth-order valence-corrected chi connectivity index (χ4v) is 2.90. The number of aryl methyl sites for hydroxylation is 1. The summed E-state index contributed by atoms with van der Waals surface area (Å²) in [5.41, 5.74) is 0.869. The first-order chi connectivity index (χ1) is 10.0. The maximum atomic E-state index is 12.4. The van der Waals surface area contributed by atoms with Crippen LogP contribution in [0, 0.1) is 12.8 Å². The molecule has 0 aromatic carbocycles. The Hall–Kier alpha value is -1.91. The van der Waals surface area contributed by atoms with Gasteiger partial charge >= 0.3 is 5.97 Å². The van der Waals surface area contributed by atoms with Gasteiger partial charge < -0.3 is 10.0 Å². The van der Waals surface area contributed by atoms with Gasteiger partial charge in [-0.2, -0.15) is 0 Å². The lowest BCUT2D eigenvalue weighted by Crippen LogP contribution is -2.38. The van der Waals surface area contributed by atoms with Crippen molar-refractivity contribution in [2.75, 3.05) is 13.1 Å². The normalized spacial score (nSPS) is 16.0. The highest BCUT2D eigenvalue weighted by atomic mass is 16.4. The molecule has 0 saturated carbocycles. The van der Waals surface area contributed by atoms with Gasteiger partial charge in [0.1, 0.15) is 5.69 Å². The van der Waals surface area contributed by atoms with Gasteiger partial charge in [-0.3, -0.25) is 4.79 Å². The average molecular weight is 290 g/mol. The molecular formula is C16H22N2O3. The molecule has 1 amide bonds. The predicted octanol–water partition coefficient (Wildman–Crippen LogP) is 2.74. The molecule has 5 heteroatoms. The van der Waals surface area contributed by atoms with E-state index in [1.54, 1.807) is 6.92 Å². The van der Waals surface area contributed by atoms with Gasteiger partial charge in [0.05, 0.1) is 11.3 Å². The molecule has 1 aromatic rings. The number of aromatic nitrogens is 1. The van der Waals surface area contributed by atoms with E-state index in [-0.39, 0.29) is 11.5 Å². The van der Waals surface area contributed by atoms with E-state index in [9.17, 15) is 9.59 Å². The van der Waals surface area contributed by atoms with E-state index >= 15 is 0 Å². The number of carbonyl (C=O) groups is 2. The quantitative estimate of drug-likeness (QED) is 0.925. The maximum Gasteiger partial charge on any atom is 0.337 e. The number of carboxylic acids is 1. The Morgan fingerprint density at radius 2 is 2.00 bits per heavy atom. The molecular weight excluding hydrogens is 268 g/mol. The Morgan fingerprint density at radius 1 is 1.33 bits per heavy atom. The lowest BCUT2D eigenvalue weighted by Gasteiger charge is -2.31. The van der Waals surface area contributed by atoms with Crippen molar-refractivity contribution in [2.45, 2.75) is 39.5 Å². The number of carbonyl (C=O) groups excluding carboxylic acids is 1. The lowest BCUT2D eigenvalue weighted by molar-refractivity contribution is 0.0670. The van der Waals surface area contributed by atoms with E-state index in [4.69, 9.17) is 5.11 Å². The monoisotopic (exact) mass is 290 g/mol. The van der Waals surface area contributed by atoms with Crippen LogP contribution in [0.25, 0.3) is 0 Å². The molecule has 0 aliphatic carbocycles. The van der Waals surface area contributed by atoms with E-state index in [0.29, 0.717) is 11.4 Å². The van der Waals surface area contributed by atoms with Crippen molar-refractivity contribution in [3.8, 4) is 0 Å². The van der Waals surface area contributed by atoms with Crippen molar-refractivity contribution >= 4 is 11.9 Å². The number of nitrogens with zero attached hydrogens (tertiary/aromatic N) is 2. The second-order valence-corrected chi connectivity index (χ2v) is 5.66. The van der Waals surface area contributed by atoms with Crippen LogP contribution >= 0.6 is 0 Å². The number of piperidine rings is 1. The van der Waals surface area contributed by atoms with Crippen LogP contribution in [0.3, 0.4) is 0 Å². The van der Waals surface area contributed by atoms with Gasteiger partial charge in [0.2, 0.25) is 0 Å². The summed E-state index contributed by atoms with van der Waals surface area (Å²) in [4.78, 5) is 29.4. The molecule has 0 unspecified atom stereocenters. The minimum absolute atomic E-state index is 0.0926. The number of pyridine rings is 1. The summed E-state index contributed by atoms with van der Waals surface area (Å²) in [6.45, 7) is 5.35. The molecule has 1 N–H and O–H groups in total. The number of hydrogen-bond acceptors (Lipinski definition) is 3. The van der Waals surface area contributed by atoms with E-state index in [2.05, 4.69) is 11.9 Å². The summed E-state index contributed by atoms with van der Waals surface area (Å²) in [7, 11) is 0. The SMILES string of the molecule is CCCC1CCN(C(=O)c2ccc(C(=O)O)c(C)n2)CC1. The molecule has 1 aliphatic heterocycles. The maximum absolute atomic E-state index is 12.4. The van der Waals surface area contributed by atoms with Crippen molar-refractivity contribution in [2.24, 2.45) is 5.92 Å². The first kappa shape index (κ1) is 15.5. The van der Waals surface area contributed by atoms with Gasteiger partial charge in [-0.25, -0.2) is 9.78 Å². The molecule has 0 atom stereocenters. The molecule has 1 aromatic heterocycles. The van der Waals surface area contributed by atoms with Crippen LogP contribution < -0.4 is 0 Å². The molecule has 1 saturated heterocycles. The molecule has 114 valence electrons. The zero-order valence-corrected chi connectivity index (χ0v) is 12.6. The van der Waals surface area contributed by atoms with Crippen molar-refractivity contribution in [1.29, 1.82) is 0 Å². The van der Waals surface area contributed by atoms with E-state index in [0.717, 1.165) is 31.8 Å². The van der Waals surface area contributed by atoms with Gasteiger partial charge in [-0.05, 0) is 37.8 Å². The molecule has 1 fully saturated rings. The van der Waals surface area contributed by atoms with E-state index in [1.165, 1.54) is 25.0 Å². The Kier molecular flexibility index (Phi) is 4.94. The Morgan fingerprint density at radius 3 is 2.52 bits per heavy atom. The molecule has 0 spiro atoms. The van der Waals surface area contributed by atoms with Gasteiger partial charge in [0.25, 0.3) is 5.91 Å². The first-order valence-electron chi connectivity index (χ1n) is 7.53. The molecule has 21 heavy (non-hydrogen) atoms. The van der Waals surface area contributed by atoms with Crippen molar-refractivity contribution in [1.82, 2.24) is 9.88 Å². The summed E-state index contributed by atoms with van der Waals surface area (Å²) < 4.78 is 0. The van der Waals surface area contributed by atoms with Crippen LogP contribution in [-0.2, 0) is 0 Å². The van der Waals surface area contributed by atoms with Gasteiger partial charge in [0, 0.05) is 13.1 Å².